The summed E-state index contributed by atoms with van der Waals surface area (Å²) in [5.74, 6) is -0.109. The molecule has 0 atom stereocenters. The van der Waals surface area contributed by atoms with E-state index in [1.807, 2.05) is 24.3 Å². The topological polar surface area (TPSA) is 43.1 Å². The Morgan fingerprint density at radius 2 is 1.65 bits per heavy atom. The van der Waals surface area contributed by atoms with Gasteiger partial charge in [0, 0.05) is 11.1 Å². The van der Waals surface area contributed by atoms with Gasteiger partial charge in [0.1, 0.15) is 0 Å². The maximum atomic E-state index is 12.4. The molecule has 0 saturated heterocycles. The molecule has 2 N–H and O–H groups in total. The average molecular weight is 288 g/mol. The first kappa shape index (κ1) is 14.6. The summed E-state index contributed by atoms with van der Waals surface area (Å²) in [5, 5.41) is 0.317. The molecule has 0 aromatic heterocycles. The van der Waals surface area contributed by atoms with Crippen LogP contribution in [-0.4, -0.2) is 5.78 Å². The van der Waals surface area contributed by atoms with Gasteiger partial charge in [0.05, 0.1) is 10.7 Å². The fraction of sp³-hybridized carbons (Fsp3) is 0.235. The standard InChI is InChI=1S/C17H18ClNO/c1-17(2,3)12-9-7-11(8-10-12)16(20)13-5-4-6-14(19)15(13)18/h4-10H,19H2,1-3H3. The van der Waals surface area contributed by atoms with Crippen LogP contribution in [0.1, 0.15) is 42.3 Å². The Bertz CT molecular complexity index is 639. The van der Waals surface area contributed by atoms with E-state index in [2.05, 4.69) is 20.8 Å². The second-order valence-corrected chi connectivity index (χ2v) is 6.24. The smallest absolute Gasteiger partial charge is 0.194 e. The van der Waals surface area contributed by atoms with Gasteiger partial charge in [-0.1, -0.05) is 62.7 Å². The van der Waals surface area contributed by atoms with Crippen molar-refractivity contribution in [3.63, 3.8) is 0 Å². The molecule has 3 heteroatoms. The van der Waals surface area contributed by atoms with E-state index in [1.54, 1.807) is 18.2 Å². The number of hydrogen-bond acceptors (Lipinski definition) is 2. The third-order valence-corrected chi connectivity index (χ3v) is 3.71. The van der Waals surface area contributed by atoms with E-state index in [4.69, 9.17) is 17.3 Å². The van der Waals surface area contributed by atoms with E-state index in [-0.39, 0.29) is 11.2 Å². The third-order valence-electron chi connectivity index (χ3n) is 3.29. The molecule has 0 aliphatic carbocycles. The number of ketones is 1. The lowest BCUT2D eigenvalue weighted by molar-refractivity contribution is 0.103. The van der Waals surface area contributed by atoms with E-state index in [1.165, 1.54) is 5.56 Å². The van der Waals surface area contributed by atoms with E-state index in [0.29, 0.717) is 21.8 Å². The minimum absolute atomic E-state index is 0.0659. The molecule has 104 valence electrons. The highest BCUT2D eigenvalue weighted by molar-refractivity contribution is 6.37. The summed E-state index contributed by atoms with van der Waals surface area (Å²) in [6.07, 6.45) is 0. The number of nitrogen functional groups attached to an aromatic ring is 1. The maximum Gasteiger partial charge on any atom is 0.194 e. The molecule has 2 aromatic rings. The summed E-state index contributed by atoms with van der Waals surface area (Å²) in [6, 6.07) is 12.7. The molecule has 0 spiro atoms. The molecular formula is C17H18ClNO. The van der Waals surface area contributed by atoms with E-state index in [0.717, 1.165) is 0 Å². The van der Waals surface area contributed by atoms with Crippen molar-refractivity contribution < 1.29 is 4.79 Å². The van der Waals surface area contributed by atoms with E-state index < -0.39 is 0 Å². The second-order valence-electron chi connectivity index (χ2n) is 5.87. The van der Waals surface area contributed by atoms with Crippen molar-refractivity contribution in [2.45, 2.75) is 26.2 Å². The van der Waals surface area contributed by atoms with Crippen LogP contribution in [0.4, 0.5) is 5.69 Å². The first-order valence-corrected chi connectivity index (χ1v) is 6.88. The summed E-state index contributed by atoms with van der Waals surface area (Å²) >= 11 is 6.10. The van der Waals surface area contributed by atoms with Gasteiger partial charge in [-0.05, 0) is 23.1 Å². The van der Waals surface area contributed by atoms with Crippen LogP contribution in [-0.2, 0) is 5.41 Å². The van der Waals surface area contributed by atoms with Gasteiger partial charge >= 0.3 is 0 Å². The van der Waals surface area contributed by atoms with E-state index >= 15 is 0 Å². The van der Waals surface area contributed by atoms with Crippen LogP contribution in [0.15, 0.2) is 42.5 Å². The first-order valence-electron chi connectivity index (χ1n) is 6.50. The molecule has 0 heterocycles. The van der Waals surface area contributed by atoms with Crippen molar-refractivity contribution in [3.05, 3.63) is 64.2 Å². The summed E-state index contributed by atoms with van der Waals surface area (Å²) in [6.45, 7) is 6.41. The average Bonchev–Trinajstić information content (AvgIpc) is 2.40. The molecule has 0 fully saturated rings. The van der Waals surface area contributed by atoms with Crippen LogP contribution < -0.4 is 5.73 Å². The molecule has 20 heavy (non-hydrogen) atoms. The number of halogens is 1. The fourth-order valence-electron chi connectivity index (χ4n) is 2.00. The van der Waals surface area contributed by atoms with Crippen molar-refractivity contribution in [1.29, 1.82) is 0 Å². The number of carbonyl (C=O) groups is 1. The van der Waals surface area contributed by atoms with Gasteiger partial charge in [-0.25, -0.2) is 0 Å². The molecule has 0 aliphatic rings. The van der Waals surface area contributed by atoms with Crippen LogP contribution in [0.25, 0.3) is 0 Å². The number of benzene rings is 2. The first-order chi connectivity index (χ1) is 9.30. The number of nitrogens with two attached hydrogens (primary N) is 1. The highest BCUT2D eigenvalue weighted by Gasteiger charge is 2.17. The molecule has 2 rings (SSSR count). The molecule has 2 aromatic carbocycles. The number of rotatable bonds is 2. The monoisotopic (exact) mass is 287 g/mol. The van der Waals surface area contributed by atoms with Gasteiger partial charge in [0.2, 0.25) is 0 Å². The van der Waals surface area contributed by atoms with Crippen LogP contribution in [0, 0.1) is 0 Å². The number of anilines is 1. The van der Waals surface area contributed by atoms with Crippen LogP contribution in [0.3, 0.4) is 0 Å². The molecule has 0 bridgehead atoms. The highest BCUT2D eigenvalue weighted by atomic mass is 35.5. The van der Waals surface area contributed by atoms with Gasteiger partial charge in [-0.3, -0.25) is 4.79 Å². The normalized spacial score (nSPS) is 11.4. The Morgan fingerprint density at radius 3 is 2.20 bits per heavy atom. The van der Waals surface area contributed by atoms with Crippen molar-refractivity contribution in [1.82, 2.24) is 0 Å². The van der Waals surface area contributed by atoms with Crippen LogP contribution in [0.2, 0.25) is 5.02 Å². The largest absolute Gasteiger partial charge is 0.398 e. The summed E-state index contributed by atoms with van der Waals surface area (Å²) in [5.41, 5.74) is 8.46. The summed E-state index contributed by atoms with van der Waals surface area (Å²) < 4.78 is 0. The molecular weight excluding hydrogens is 270 g/mol. The second kappa shape index (κ2) is 5.29. The minimum Gasteiger partial charge on any atom is -0.398 e. The molecule has 0 saturated carbocycles. The van der Waals surface area contributed by atoms with Crippen molar-refractivity contribution >= 4 is 23.1 Å². The van der Waals surface area contributed by atoms with Crippen molar-refractivity contribution in [2.75, 3.05) is 5.73 Å². The lowest BCUT2D eigenvalue weighted by Gasteiger charge is -2.19. The lowest BCUT2D eigenvalue weighted by atomic mass is 9.86. The zero-order valence-electron chi connectivity index (χ0n) is 11.9. The summed E-state index contributed by atoms with van der Waals surface area (Å²) in [7, 11) is 0. The zero-order valence-corrected chi connectivity index (χ0v) is 12.7. The molecule has 0 amide bonds. The van der Waals surface area contributed by atoms with Gasteiger partial charge < -0.3 is 5.73 Å². The van der Waals surface area contributed by atoms with E-state index in [9.17, 15) is 4.79 Å². The Labute approximate surface area is 124 Å². The zero-order chi connectivity index (χ0) is 14.9. The molecule has 0 unspecified atom stereocenters. The number of carbonyl (C=O) groups excluding carboxylic acids is 1. The van der Waals surface area contributed by atoms with Gasteiger partial charge in [-0.15, -0.1) is 0 Å². The summed E-state index contributed by atoms with van der Waals surface area (Å²) in [4.78, 5) is 12.4. The number of hydrogen-bond donors (Lipinski definition) is 1. The Hall–Kier alpha value is -1.80. The maximum absolute atomic E-state index is 12.4. The Morgan fingerprint density at radius 1 is 1.05 bits per heavy atom. The van der Waals surface area contributed by atoms with Crippen LogP contribution in [0.5, 0.6) is 0 Å². The molecule has 0 radical (unpaired) electrons. The van der Waals surface area contributed by atoms with Gasteiger partial charge in [0.25, 0.3) is 0 Å². The SMILES string of the molecule is CC(C)(C)c1ccc(C(=O)c2cccc(N)c2Cl)cc1. The quantitative estimate of drug-likeness (QED) is 0.655. The molecule has 2 nitrogen and oxygen atoms in total. The predicted octanol–water partition coefficient (Wildman–Crippen LogP) is 4.45. The fourth-order valence-corrected chi connectivity index (χ4v) is 2.21. The highest BCUT2D eigenvalue weighted by Crippen LogP contribution is 2.27. The van der Waals surface area contributed by atoms with Gasteiger partial charge in [-0.2, -0.15) is 0 Å². The van der Waals surface area contributed by atoms with Crippen molar-refractivity contribution in [2.24, 2.45) is 0 Å². The van der Waals surface area contributed by atoms with Crippen molar-refractivity contribution in [3.8, 4) is 0 Å². The Kier molecular flexibility index (Phi) is 3.87. The predicted molar refractivity (Wildman–Crippen MR) is 84.4 cm³/mol. The Balaban J connectivity index is 2.37. The molecule has 0 aliphatic heterocycles. The van der Waals surface area contributed by atoms with Gasteiger partial charge in [0.15, 0.2) is 5.78 Å². The minimum atomic E-state index is -0.109. The van der Waals surface area contributed by atoms with Crippen LogP contribution >= 0.6 is 11.6 Å². The lowest BCUT2D eigenvalue weighted by Crippen LogP contribution is -2.11. The third kappa shape index (κ3) is 2.86.